The van der Waals surface area contributed by atoms with Crippen molar-refractivity contribution < 1.29 is 126 Å². The fourth-order valence-electron chi connectivity index (χ4n) is 0.0680. The van der Waals surface area contributed by atoms with Gasteiger partial charge < -0.3 is 18.9 Å². The molecule has 0 heterocycles. The Labute approximate surface area is 167 Å². The first-order valence-corrected chi connectivity index (χ1v) is 5.28. The predicted molar refractivity (Wildman–Crippen MR) is 35.7 cm³/mol. The molecule has 12 heavy (non-hydrogen) atoms. The van der Waals surface area contributed by atoms with Crippen molar-refractivity contribution in [1.29, 1.82) is 0 Å². The zero-order valence-corrected chi connectivity index (χ0v) is 16.3. The van der Waals surface area contributed by atoms with E-state index in [4.69, 9.17) is 23.2 Å². The Hall–Kier alpha value is 4.19. The first kappa shape index (κ1) is 25.1. The van der Waals surface area contributed by atoms with Gasteiger partial charge in [0.05, 0.1) is 5.34 Å². The molecule has 0 spiro atoms. The molecule has 0 aliphatic rings. The summed E-state index contributed by atoms with van der Waals surface area (Å²) in [6, 6.07) is 0. The van der Waals surface area contributed by atoms with Gasteiger partial charge in [-0.3, -0.25) is 4.31 Å². The van der Waals surface area contributed by atoms with E-state index in [-0.39, 0.29) is 108 Å². The van der Waals surface area contributed by atoms with E-state index in [9.17, 15) is 18.9 Å². The van der Waals surface area contributed by atoms with Crippen molar-refractivity contribution in [3.8, 4) is 0 Å². The molecule has 0 aromatic carbocycles. The number of alkyl halides is 2. The Bertz CT molecular complexity index is 112. The maximum atomic E-state index is 9.29. The van der Waals surface area contributed by atoms with E-state index in [0.29, 0.717) is 0 Å². The Balaban J connectivity index is -0.0000000569. The minimum atomic E-state index is -3.51. The summed E-state index contributed by atoms with van der Waals surface area (Å²) in [5, 5.41) is 0.194. The van der Waals surface area contributed by atoms with Gasteiger partial charge in [0.15, 0.2) is 0 Å². The SMILES string of the molecule is ClCCl.O=[PH]([O-])O[PH](=O)[O-].[K+].[K+]. The van der Waals surface area contributed by atoms with Crippen molar-refractivity contribution in [2.45, 2.75) is 0 Å². The molecule has 11 heteroatoms. The standard InChI is InChI=1S/CH2Cl2.2K.H4O5P2/c2-1-3;;;1-6(2)5-7(3)4/h1H2;;;6-7H,(H,1,2)(H,3,4)/q;2*+1;/p-2. The molecule has 0 saturated carbocycles. The molecule has 0 aromatic heterocycles. The third-order valence-electron chi connectivity index (χ3n) is 0.167. The molecule has 0 aromatic rings. The molecule has 64 valence electrons. The first-order valence-electron chi connectivity index (χ1n) is 1.76. The summed E-state index contributed by atoms with van der Waals surface area (Å²) in [6.07, 6.45) is 0. The third-order valence-corrected chi connectivity index (χ3v) is 1.50. The maximum absolute atomic E-state index is 9.29. The summed E-state index contributed by atoms with van der Waals surface area (Å²) in [5.74, 6) is 0. The number of halogens is 2. The van der Waals surface area contributed by atoms with Gasteiger partial charge >= 0.3 is 103 Å². The smallest absolute Gasteiger partial charge is 0.781 e. The first-order chi connectivity index (χ1) is 4.54. The van der Waals surface area contributed by atoms with Crippen LogP contribution in [0.4, 0.5) is 0 Å². The van der Waals surface area contributed by atoms with Crippen LogP contribution in [-0.4, -0.2) is 5.34 Å². The number of rotatable bonds is 2. The molecule has 2 atom stereocenters. The summed E-state index contributed by atoms with van der Waals surface area (Å²) in [7, 11) is -7.03. The van der Waals surface area contributed by atoms with Crippen LogP contribution < -0.4 is 113 Å². The van der Waals surface area contributed by atoms with Gasteiger partial charge in [0.1, 0.15) is 16.5 Å². The van der Waals surface area contributed by atoms with Gasteiger partial charge in [0, 0.05) is 0 Å². The molecule has 0 bridgehead atoms. The van der Waals surface area contributed by atoms with Crippen LogP contribution >= 0.6 is 39.7 Å². The summed E-state index contributed by atoms with van der Waals surface area (Å²) in [4.78, 5) is 18.6. The van der Waals surface area contributed by atoms with Crippen molar-refractivity contribution in [2.24, 2.45) is 0 Å². The molecule has 2 unspecified atom stereocenters. The Morgan fingerprint density at radius 3 is 1.25 bits per heavy atom. The fourth-order valence-corrected chi connectivity index (χ4v) is 0.612. The fraction of sp³-hybridized carbons (Fsp3) is 1.00. The Morgan fingerprint density at radius 1 is 1.08 bits per heavy atom. The van der Waals surface area contributed by atoms with Crippen LogP contribution in [0, 0.1) is 0 Å². The van der Waals surface area contributed by atoms with E-state index < -0.39 is 16.5 Å². The zero-order chi connectivity index (χ0) is 8.57. The van der Waals surface area contributed by atoms with E-state index in [1.807, 2.05) is 0 Å². The summed E-state index contributed by atoms with van der Waals surface area (Å²) < 4.78 is 21.8. The van der Waals surface area contributed by atoms with Gasteiger partial charge in [-0.15, -0.1) is 23.2 Å². The molecular formula is CH4Cl2K2O5P2. The second-order valence-electron chi connectivity index (χ2n) is 0.703. The molecule has 0 aliphatic heterocycles. The molecule has 0 aliphatic carbocycles. The average Bonchev–Trinajstić information content (AvgIpc) is 1.62. The van der Waals surface area contributed by atoms with E-state index >= 15 is 0 Å². The second kappa shape index (κ2) is 20.6. The minimum Gasteiger partial charge on any atom is -0.781 e. The molecule has 5 nitrogen and oxygen atoms in total. The van der Waals surface area contributed by atoms with Crippen molar-refractivity contribution in [3.05, 3.63) is 0 Å². The zero-order valence-electron chi connectivity index (χ0n) is 6.50. The minimum absolute atomic E-state index is 0. The van der Waals surface area contributed by atoms with Gasteiger partial charge in [-0.1, -0.05) is 0 Å². The van der Waals surface area contributed by atoms with Crippen molar-refractivity contribution in [2.75, 3.05) is 5.34 Å². The normalized spacial score (nSPS) is 12.3. The summed E-state index contributed by atoms with van der Waals surface area (Å²) >= 11 is 9.53. The number of hydrogen-bond acceptors (Lipinski definition) is 5. The van der Waals surface area contributed by atoms with Crippen LogP contribution in [0.2, 0.25) is 0 Å². The van der Waals surface area contributed by atoms with Crippen LogP contribution in [0.15, 0.2) is 0 Å². The summed E-state index contributed by atoms with van der Waals surface area (Å²) in [5.41, 5.74) is 0. The van der Waals surface area contributed by atoms with Gasteiger partial charge in [-0.05, 0) is 0 Å². The quantitative estimate of drug-likeness (QED) is 0.288. The monoisotopic (exact) mass is 306 g/mol. The van der Waals surface area contributed by atoms with Gasteiger partial charge in [-0.2, -0.15) is 0 Å². The van der Waals surface area contributed by atoms with Crippen LogP contribution in [0.1, 0.15) is 0 Å². The molecule has 0 N–H and O–H groups in total. The molecule has 0 radical (unpaired) electrons. The Kier molecular flexibility index (Phi) is 43.1. The van der Waals surface area contributed by atoms with Gasteiger partial charge in [0.2, 0.25) is 0 Å². The van der Waals surface area contributed by atoms with E-state index in [1.165, 1.54) is 0 Å². The van der Waals surface area contributed by atoms with Crippen molar-refractivity contribution >= 4 is 39.7 Å². The van der Waals surface area contributed by atoms with Crippen molar-refractivity contribution in [3.63, 3.8) is 0 Å². The van der Waals surface area contributed by atoms with Crippen LogP contribution in [0.5, 0.6) is 0 Å². The van der Waals surface area contributed by atoms with Gasteiger partial charge in [0.25, 0.3) is 0 Å². The molecule has 0 saturated heterocycles. The molecule has 0 rings (SSSR count). The largest absolute Gasteiger partial charge is 1.00 e. The topological polar surface area (TPSA) is 89.5 Å². The maximum Gasteiger partial charge on any atom is 1.00 e. The third kappa shape index (κ3) is 36.8. The van der Waals surface area contributed by atoms with Crippen LogP contribution in [0.25, 0.3) is 0 Å². The molecule has 0 amide bonds. The Morgan fingerprint density at radius 2 is 1.25 bits per heavy atom. The number of hydrogen-bond donors (Lipinski definition) is 0. The molecule has 0 fully saturated rings. The summed E-state index contributed by atoms with van der Waals surface area (Å²) in [6.45, 7) is 0. The van der Waals surface area contributed by atoms with E-state index in [0.717, 1.165) is 0 Å². The van der Waals surface area contributed by atoms with E-state index in [2.05, 4.69) is 4.31 Å². The van der Waals surface area contributed by atoms with Crippen LogP contribution in [0.3, 0.4) is 0 Å². The average molecular weight is 307 g/mol. The van der Waals surface area contributed by atoms with Gasteiger partial charge in [-0.25, -0.2) is 0 Å². The second-order valence-corrected chi connectivity index (χ2v) is 3.33. The van der Waals surface area contributed by atoms with Crippen LogP contribution in [-0.2, 0) is 13.4 Å². The predicted octanol–water partition coefficient (Wildman–Crippen LogP) is -6.07. The van der Waals surface area contributed by atoms with E-state index in [1.54, 1.807) is 0 Å². The van der Waals surface area contributed by atoms with Crippen molar-refractivity contribution in [1.82, 2.24) is 0 Å². The molecular weight excluding hydrogens is 303 g/mol.